The number of halogens is 1. The second-order valence-corrected chi connectivity index (χ2v) is 4.51. The molecule has 0 spiro atoms. The average molecular weight is 272 g/mol. The maximum absolute atomic E-state index is 9.00. The van der Waals surface area contributed by atoms with Crippen molar-refractivity contribution in [2.45, 2.75) is 19.3 Å². The van der Waals surface area contributed by atoms with Crippen LogP contribution in [0.15, 0.2) is 30.7 Å². The topological polar surface area (TPSA) is 52.5 Å². The van der Waals surface area contributed by atoms with Gasteiger partial charge in [0.25, 0.3) is 0 Å². The molecule has 0 saturated carbocycles. The van der Waals surface area contributed by atoms with Crippen molar-refractivity contribution in [3.8, 4) is 6.07 Å². The van der Waals surface area contributed by atoms with Gasteiger partial charge < -0.3 is 4.98 Å². The summed E-state index contributed by atoms with van der Waals surface area (Å²) in [6.07, 6.45) is 8.95. The summed E-state index contributed by atoms with van der Waals surface area (Å²) in [6.45, 7) is 0. The second-order valence-electron chi connectivity index (χ2n) is 4.51. The van der Waals surface area contributed by atoms with E-state index >= 15 is 0 Å². The highest BCUT2D eigenvalue weighted by Gasteiger charge is 2.14. The van der Waals surface area contributed by atoms with Crippen molar-refractivity contribution >= 4 is 24.1 Å². The Kier molecular flexibility index (Phi) is 4.03. The highest BCUT2D eigenvalue weighted by Crippen LogP contribution is 2.32. The highest BCUT2D eigenvalue weighted by atomic mass is 35.5. The van der Waals surface area contributed by atoms with Gasteiger partial charge in [0.1, 0.15) is 0 Å². The molecule has 0 unspecified atom stereocenters. The smallest absolute Gasteiger partial charge is 0.0991 e. The van der Waals surface area contributed by atoms with E-state index in [4.69, 9.17) is 5.26 Å². The average Bonchev–Trinajstić information content (AvgIpc) is 2.91. The van der Waals surface area contributed by atoms with Crippen LogP contribution in [0.25, 0.3) is 11.6 Å². The first kappa shape index (κ1) is 13.4. The van der Waals surface area contributed by atoms with Crippen molar-refractivity contribution < 1.29 is 0 Å². The molecule has 0 atom stereocenters. The van der Waals surface area contributed by atoms with E-state index in [0.29, 0.717) is 0 Å². The third-order valence-electron chi connectivity index (χ3n) is 3.33. The number of benzene rings is 1. The number of allylic oxidation sites excluding steroid dienone is 1. The van der Waals surface area contributed by atoms with Crippen LogP contribution in [-0.2, 0) is 6.42 Å². The molecule has 3 nitrogen and oxygen atoms in total. The standard InChI is InChI=1S/C15H13N3.ClH/c16-8-11-4-5-12-2-1-3-13(15(12)6-11)7-14-9-17-10-18-14;/h4-7,9-10H,1-3H2,(H,17,18);1H/b13-7+;. The van der Waals surface area contributed by atoms with E-state index in [1.54, 1.807) is 6.33 Å². The first-order valence-corrected chi connectivity index (χ1v) is 6.09. The third-order valence-corrected chi connectivity index (χ3v) is 3.33. The summed E-state index contributed by atoms with van der Waals surface area (Å²) in [5.74, 6) is 0. The summed E-state index contributed by atoms with van der Waals surface area (Å²) in [7, 11) is 0. The summed E-state index contributed by atoms with van der Waals surface area (Å²) in [4.78, 5) is 7.12. The molecule has 1 aliphatic carbocycles. The SMILES string of the molecule is Cl.N#Cc1ccc2c(c1)/C(=C/c1cnc[nH]1)CCC2. The first-order chi connectivity index (χ1) is 8.86. The molecule has 0 radical (unpaired) electrons. The van der Waals surface area contributed by atoms with Crippen molar-refractivity contribution in [3.63, 3.8) is 0 Å². The summed E-state index contributed by atoms with van der Waals surface area (Å²) < 4.78 is 0. The van der Waals surface area contributed by atoms with Crippen LogP contribution in [-0.4, -0.2) is 9.97 Å². The lowest BCUT2D eigenvalue weighted by molar-refractivity contribution is 0.824. The third kappa shape index (κ3) is 2.69. The fourth-order valence-electron chi connectivity index (χ4n) is 2.45. The molecule has 0 fully saturated rings. The van der Waals surface area contributed by atoms with Crippen molar-refractivity contribution in [3.05, 3.63) is 53.1 Å². The van der Waals surface area contributed by atoms with Gasteiger partial charge in [0.15, 0.2) is 0 Å². The summed E-state index contributed by atoms with van der Waals surface area (Å²) in [5, 5.41) is 9.00. The normalized spacial score (nSPS) is 15.4. The Morgan fingerprint density at radius 2 is 2.21 bits per heavy atom. The molecule has 0 amide bonds. The van der Waals surface area contributed by atoms with E-state index in [2.05, 4.69) is 28.2 Å². The van der Waals surface area contributed by atoms with Gasteiger partial charge in [0.05, 0.1) is 29.9 Å². The number of fused-ring (bicyclic) bond motifs is 1. The minimum absolute atomic E-state index is 0. The van der Waals surface area contributed by atoms with Crippen LogP contribution in [0, 0.1) is 11.3 Å². The van der Waals surface area contributed by atoms with Gasteiger partial charge in [-0.1, -0.05) is 6.07 Å². The number of rotatable bonds is 1. The quantitative estimate of drug-likeness (QED) is 0.862. The summed E-state index contributed by atoms with van der Waals surface area (Å²) in [5.41, 5.74) is 5.59. The van der Waals surface area contributed by atoms with Crippen molar-refractivity contribution in [1.82, 2.24) is 9.97 Å². The molecule has 1 N–H and O–H groups in total. The molecule has 1 aromatic heterocycles. The van der Waals surface area contributed by atoms with Gasteiger partial charge in [-0.05, 0) is 54.2 Å². The van der Waals surface area contributed by atoms with Crippen molar-refractivity contribution in [1.29, 1.82) is 5.26 Å². The lowest BCUT2D eigenvalue weighted by Crippen LogP contribution is -2.02. The number of imidazole rings is 1. The van der Waals surface area contributed by atoms with Gasteiger partial charge in [-0.3, -0.25) is 0 Å². The monoisotopic (exact) mass is 271 g/mol. The molecule has 0 aliphatic heterocycles. The number of nitrogens with zero attached hydrogens (tertiary/aromatic N) is 2. The Morgan fingerprint density at radius 1 is 1.32 bits per heavy atom. The Labute approximate surface area is 118 Å². The van der Waals surface area contributed by atoms with E-state index in [-0.39, 0.29) is 12.4 Å². The molecule has 1 heterocycles. The minimum Gasteiger partial charge on any atom is -0.345 e. The van der Waals surface area contributed by atoms with Crippen LogP contribution in [0.3, 0.4) is 0 Å². The lowest BCUT2D eigenvalue weighted by atomic mass is 9.86. The number of aromatic nitrogens is 2. The molecule has 2 aromatic rings. The van der Waals surface area contributed by atoms with E-state index in [1.165, 1.54) is 23.1 Å². The number of hydrogen-bond acceptors (Lipinski definition) is 2. The number of nitrogens with one attached hydrogen (secondary N) is 1. The Hall–Kier alpha value is -2.05. The number of nitriles is 1. The summed E-state index contributed by atoms with van der Waals surface area (Å²) >= 11 is 0. The molecular weight excluding hydrogens is 258 g/mol. The predicted molar refractivity (Wildman–Crippen MR) is 77.8 cm³/mol. The van der Waals surface area contributed by atoms with Crippen LogP contribution in [0.5, 0.6) is 0 Å². The first-order valence-electron chi connectivity index (χ1n) is 6.09. The van der Waals surface area contributed by atoms with E-state index in [9.17, 15) is 0 Å². The van der Waals surface area contributed by atoms with Gasteiger partial charge in [0, 0.05) is 0 Å². The zero-order valence-electron chi connectivity index (χ0n) is 10.4. The van der Waals surface area contributed by atoms with Crippen LogP contribution in [0.1, 0.15) is 35.2 Å². The lowest BCUT2D eigenvalue weighted by Gasteiger charge is -2.19. The largest absolute Gasteiger partial charge is 0.345 e. The molecule has 0 saturated heterocycles. The second kappa shape index (κ2) is 5.73. The summed E-state index contributed by atoms with van der Waals surface area (Å²) in [6, 6.07) is 8.18. The molecular formula is C15H14ClN3. The fraction of sp³-hybridized carbons (Fsp3) is 0.200. The Morgan fingerprint density at radius 3 is 2.95 bits per heavy atom. The number of aromatic amines is 1. The Balaban J connectivity index is 0.00000133. The number of hydrogen-bond donors (Lipinski definition) is 1. The van der Waals surface area contributed by atoms with Gasteiger partial charge >= 0.3 is 0 Å². The number of H-pyrrole nitrogens is 1. The zero-order valence-corrected chi connectivity index (χ0v) is 11.2. The van der Waals surface area contributed by atoms with Crippen LogP contribution < -0.4 is 0 Å². The Bertz CT molecular complexity index is 636. The van der Waals surface area contributed by atoms with Crippen LogP contribution in [0.2, 0.25) is 0 Å². The van der Waals surface area contributed by atoms with Gasteiger partial charge in [-0.15, -0.1) is 12.4 Å². The van der Waals surface area contributed by atoms with Gasteiger partial charge in [-0.25, -0.2) is 4.98 Å². The minimum atomic E-state index is 0. The van der Waals surface area contributed by atoms with E-state index in [0.717, 1.165) is 24.1 Å². The van der Waals surface area contributed by atoms with Gasteiger partial charge in [-0.2, -0.15) is 5.26 Å². The van der Waals surface area contributed by atoms with Gasteiger partial charge in [0.2, 0.25) is 0 Å². The van der Waals surface area contributed by atoms with E-state index < -0.39 is 0 Å². The molecule has 1 aromatic carbocycles. The molecule has 4 heteroatoms. The number of aryl methyl sites for hydroxylation is 1. The molecule has 1 aliphatic rings. The maximum atomic E-state index is 9.00. The zero-order chi connectivity index (χ0) is 12.4. The molecule has 0 bridgehead atoms. The predicted octanol–water partition coefficient (Wildman–Crippen LogP) is 3.58. The molecule has 3 rings (SSSR count). The van der Waals surface area contributed by atoms with E-state index in [1.807, 2.05) is 18.3 Å². The highest BCUT2D eigenvalue weighted by molar-refractivity contribution is 5.85. The van der Waals surface area contributed by atoms with Crippen molar-refractivity contribution in [2.24, 2.45) is 0 Å². The molecule has 19 heavy (non-hydrogen) atoms. The van der Waals surface area contributed by atoms with Crippen molar-refractivity contribution in [2.75, 3.05) is 0 Å². The van der Waals surface area contributed by atoms with Crippen LogP contribution in [0.4, 0.5) is 0 Å². The fourth-order valence-corrected chi connectivity index (χ4v) is 2.45. The van der Waals surface area contributed by atoms with Crippen LogP contribution >= 0.6 is 12.4 Å². The molecule has 96 valence electrons. The maximum Gasteiger partial charge on any atom is 0.0991 e.